The zero-order valence-electron chi connectivity index (χ0n) is 19.7. The molecule has 0 saturated heterocycles. The Morgan fingerprint density at radius 3 is 2.44 bits per heavy atom. The van der Waals surface area contributed by atoms with E-state index < -0.39 is 0 Å². The van der Waals surface area contributed by atoms with Gasteiger partial charge >= 0.3 is 0 Å². The van der Waals surface area contributed by atoms with Crippen LogP contribution in [0.5, 0.6) is 5.75 Å². The number of hydrogen-bond donors (Lipinski definition) is 1. The summed E-state index contributed by atoms with van der Waals surface area (Å²) in [5.41, 5.74) is 7.82. The number of nitrogens with one attached hydrogen (secondary N) is 1. The van der Waals surface area contributed by atoms with Gasteiger partial charge in [0, 0.05) is 44.4 Å². The van der Waals surface area contributed by atoms with E-state index in [0.717, 1.165) is 44.5 Å². The van der Waals surface area contributed by atoms with Gasteiger partial charge in [-0.3, -0.25) is 4.79 Å². The lowest BCUT2D eigenvalue weighted by atomic mass is 9.96. The second kappa shape index (κ2) is 9.57. The summed E-state index contributed by atoms with van der Waals surface area (Å²) in [7, 11) is 1.61. The van der Waals surface area contributed by atoms with E-state index in [1.807, 2.05) is 58.0 Å². The molecule has 6 heteroatoms. The maximum atomic E-state index is 12.8. The summed E-state index contributed by atoms with van der Waals surface area (Å²) in [6.45, 7) is 7.88. The van der Waals surface area contributed by atoms with Crippen molar-refractivity contribution in [2.45, 2.75) is 27.7 Å². The maximum Gasteiger partial charge on any atom is 0.248 e. The van der Waals surface area contributed by atoms with Crippen molar-refractivity contribution in [2.75, 3.05) is 12.4 Å². The number of furan rings is 1. The Morgan fingerprint density at radius 1 is 1.00 bits per heavy atom. The zero-order valence-corrected chi connectivity index (χ0v) is 21.2. The van der Waals surface area contributed by atoms with E-state index in [4.69, 9.17) is 32.4 Å². The number of ether oxygens (including phenoxy) is 1. The second-order valence-electron chi connectivity index (χ2n) is 8.35. The fraction of sp³-hybridized carbons (Fsp3) is 0.179. The Bertz CT molecular complexity index is 1450. The number of allylic oxidation sites excluding steroid dienone is 1. The van der Waals surface area contributed by atoms with Crippen LogP contribution in [0.15, 0.2) is 59.2 Å². The van der Waals surface area contributed by atoms with Gasteiger partial charge in [0.1, 0.15) is 11.3 Å². The molecule has 4 rings (SSSR count). The number of aryl methyl sites for hydroxylation is 3. The molecule has 1 N–H and O–H groups in total. The van der Waals surface area contributed by atoms with Crippen molar-refractivity contribution in [3.05, 3.63) is 87.1 Å². The van der Waals surface area contributed by atoms with Crippen LogP contribution < -0.4 is 10.1 Å². The monoisotopic (exact) mass is 493 g/mol. The molecule has 1 amide bonds. The number of methoxy groups -OCH3 is 1. The summed E-state index contributed by atoms with van der Waals surface area (Å²) in [5, 5.41) is 4.91. The third-order valence-corrected chi connectivity index (χ3v) is 6.56. The first-order chi connectivity index (χ1) is 16.2. The van der Waals surface area contributed by atoms with E-state index in [1.165, 1.54) is 5.56 Å². The maximum absolute atomic E-state index is 12.8. The molecule has 0 unspecified atom stereocenters. The van der Waals surface area contributed by atoms with Crippen LogP contribution in [0.4, 0.5) is 5.69 Å². The summed E-state index contributed by atoms with van der Waals surface area (Å²) in [5.74, 6) is 0.442. The predicted octanol–water partition coefficient (Wildman–Crippen LogP) is 8.38. The van der Waals surface area contributed by atoms with Gasteiger partial charge < -0.3 is 14.5 Å². The van der Waals surface area contributed by atoms with Crippen LogP contribution in [0.2, 0.25) is 10.0 Å². The van der Waals surface area contributed by atoms with Crippen molar-refractivity contribution in [3.8, 4) is 16.9 Å². The van der Waals surface area contributed by atoms with Crippen molar-refractivity contribution < 1.29 is 13.9 Å². The highest BCUT2D eigenvalue weighted by Crippen LogP contribution is 2.42. The molecule has 1 heterocycles. The number of amides is 1. The molecule has 0 fully saturated rings. The molecule has 0 spiro atoms. The van der Waals surface area contributed by atoms with Crippen molar-refractivity contribution >= 4 is 51.3 Å². The lowest BCUT2D eigenvalue weighted by molar-refractivity contribution is -0.111. The third-order valence-electron chi connectivity index (χ3n) is 6.02. The summed E-state index contributed by atoms with van der Waals surface area (Å²) >= 11 is 12.6. The van der Waals surface area contributed by atoms with Gasteiger partial charge in [-0.25, -0.2) is 0 Å². The van der Waals surface area contributed by atoms with E-state index in [9.17, 15) is 4.79 Å². The highest BCUT2D eigenvalue weighted by atomic mass is 35.5. The van der Waals surface area contributed by atoms with Crippen molar-refractivity contribution in [2.24, 2.45) is 0 Å². The average Bonchev–Trinajstić information content (AvgIpc) is 3.20. The standard InChI is InChI=1S/C28H25Cl2NO3/c1-15-6-8-20(10-16(15)2)31-26(32)11-17(3)22-13-23-24(21-9-7-19(29)12-25(21)30)14-34-28(23)18(4)27(22)33-5/h6-14H,1-5H3,(H,31,32)/b17-11+. The minimum Gasteiger partial charge on any atom is -0.496 e. The lowest BCUT2D eigenvalue weighted by Crippen LogP contribution is -2.09. The quantitative estimate of drug-likeness (QED) is 0.284. The van der Waals surface area contributed by atoms with Gasteiger partial charge in [0.2, 0.25) is 5.91 Å². The number of carbonyl (C=O) groups is 1. The number of hydrogen-bond acceptors (Lipinski definition) is 3. The summed E-state index contributed by atoms with van der Waals surface area (Å²) in [4.78, 5) is 12.8. The van der Waals surface area contributed by atoms with Crippen LogP contribution in [-0.2, 0) is 4.79 Å². The topological polar surface area (TPSA) is 51.5 Å². The predicted molar refractivity (Wildman–Crippen MR) is 141 cm³/mol. The van der Waals surface area contributed by atoms with E-state index in [2.05, 4.69) is 5.32 Å². The Balaban J connectivity index is 1.77. The van der Waals surface area contributed by atoms with Crippen LogP contribution in [0.1, 0.15) is 29.2 Å². The molecule has 4 aromatic rings. The Morgan fingerprint density at radius 2 is 1.76 bits per heavy atom. The summed E-state index contributed by atoms with van der Waals surface area (Å²) < 4.78 is 11.6. The molecule has 0 aliphatic carbocycles. The first-order valence-corrected chi connectivity index (χ1v) is 11.6. The molecule has 3 aromatic carbocycles. The van der Waals surface area contributed by atoms with E-state index in [-0.39, 0.29) is 5.91 Å². The van der Waals surface area contributed by atoms with Crippen molar-refractivity contribution in [3.63, 3.8) is 0 Å². The van der Waals surface area contributed by atoms with Gasteiger partial charge in [0.25, 0.3) is 0 Å². The highest BCUT2D eigenvalue weighted by molar-refractivity contribution is 6.36. The molecule has 34 heavy (non-hydrogen) atoms. The number of carbonyl (C=O) groups excluding carboxylic acids is 1. The Labute approximate surface area is 209 Å². The molecule has 1 aromatic heterocycles. The van der Waals surface area contributed by atoms with Gasteiger partial charge in [-0.2, -0.15) is 0 Å². The minimum absolute atomic E-state index is 0.214. The highest BCUT2D eigenvalue weighted by Gasteiger charge is 2.20. The minimum atomic E-state index is -0.214. The SMILES string of the molecule is COc1c(/C(C)=C/C(=O)Nc2ccc(C)c(C)c2)cc2c(-c3ccc(Cl)cc3Cl)coc2c1C. The summed E-state index contributed by atoms with van der Waals surface area (Å²) in [6, 6.07) is 13.2. The first-order valence-electron chi connectivity index (χ1n) is 10.8. The fourth-order valence-electron chi connectivity index (χ4n) is 4.06. The van der Waals surface area contributed by atoms with Crippen LogP contribution in [-0.4, -0.2) is 13.0 Å². The van der Waals surface area contributed by atoms with Gasteiger partial charge in [-0.15, -0.1) is 0 Å². The number of benzene rings is 3. The largest absolute Gasteiger partial charge is 0.496 e. The fourth-order valence-corrected chi connectivity index (χ4v) is 4.57. The first kappa shape index (κ1) is 23.9. The van der Waals surface area contributed by atoms with E-state index >= 15 is 0 Å². The second-order valence-corrected chi connectivity index (χ2v) is 9.19. The Hall–Kier alpha value is -3.21. The third kappa shape index (κ3) is 4.56. The molecular weight excluding hydrogens is 469 g/mol. The Kier molecular flexibility index (Phi) is 6.74. The number of anilines is 1. The van der Waals surface area contributed by atoms with Gasteiger partial charge in [-0.05, 0) is 74.7 Å². The number of halogens is 2. The van der Waals surface area contributed by atoms with Crippen LogP contribution in [0.25, 0.3) is 27.7 Å². The molecule has 0 saturated carbocycles. The van der Waals surface area contributed by atoms with Crippen molar-refractivity contribution in [1.29, 1.82) is 0 Å². The van der Waals surface area contributed by atoms with Crippen LogP contribution in [0, 0.1) is 20.8 Å². The number of rotatable bonds is 5. The zero-order chi connectivity index (χ0) is 24.6. The lowest BCUT2D eigenvalue weighted by Gasteiger charge is -2.14. The van der Waals surface area contributed by atoms with Gasteiger partial charge in [-0.1, -0.05) is 35.3 Å². The molecular formula is C28H25Cl2NO3. The van der Waals surface area contributed by atoms with Crippen LogP contribution in [0.3, 0.4) is 0 Å². The molecule has 0 atom stereocenters. The normalized spacial score (nSPS) is 11.7. The molecule has 0 radical (unpaired) electrons. The molecule has 0 aliphatic heterocycles. The molecule has 0 bridgehead atoms. The molecule has 174 valence electrons. The smallest absolute Gasteiger partial charge is 0.248 e. The number of fused-ring (bicyclic) bond motifs is 1. The molecule has 4 nitrogen and oxygen atoms in total. The molecule has 0 aliphatic rings. The van der Waals surface area contributed by atoms with Crippen LogP contribution >= 0.6 is 23.2 Å². The van der Waals surface area contributed by atoms with Gasteiger partial charge in [0.15, 0.2) is 0 Å². The average molecular weight is 494 g/mol. The van der Waals surface area contributed by atoms with E-state index in [1.54, 1.807) is 31.6 Å². The van der Waals surface area contributed by atoms with Gasteiger partial charge in [0.05, 0.1) is 18.4 Å². The van der Waals surface area contributed by atoms with E-state index in [0.29, 0.717) is 21.4 Å². The van der Waals surface area contributed by atoms with Crippen molar-refractivity contribution in [1.82, 2.24) is 0 Å². The summed E-state index contributed by atoms with van der Waals surface area (Å²) in [6.07, 6.45) is 3.26.